The summed E-state index contributed by atoms with van der Waals surface area (Å²) in [6.07, 6.45) is 3.46. The van der Waals surface area contributed by atoms with Gasteiger partial charge in [-0.3, -0.25) is 9.48 Å². The van der Waals surface area contributed by atoms with E-state index in [1.54, 1.807) is 0 Å². The topological polar surface area (TPSA) is 50.2 Å². The lowest BCUT2D eigenvalue weighted by Crippen LogP contribution is -2.32. The first-order chi connectivity index (χ1) is 13.7. The minimum atomic E-state index is -0.114. The molecule has 1 unspecified atom stereocenters. The molecule has 1 aliphatic carbocycles. The molecule has 29 heavy (non-hydrogen) atoms. The van der Waals surface area contributed by atoms with Gasteiger partial charge in [-0.2, -0.15) is 5.10 Å². The van der Waals surface area contributed by atoms with Gasteiger partial charge in [-0.15, -0.1) is 0 Å². The fraction of sp³-hybridized carbons (Fsp3) is 0.565. The second kappa shape index (κ2) is 7.67. The largest absolute Gasteiger partial charge is 0.371 e. The number of nitrogens with zero attached hydrogens (tertiary/aromatic N) is 3. The molecule has 6 heteroatoms. The van der Waals surface area contributed by atoms with Crippen molar-refractivity contribution in [3.05, 3.63) is 46.2 Å². The number of carbonyl (C=O) groups is 1. The zero-order valence-corrected chi connectivity index (χ0v) is 18.6. The summed E-state index contributed by atoms with van der Waals surface area (Å²) in [5, 5.41) is 8.54. The maximum atomic E-state index is 12.8. The molecule has 2 aliphatic rings. The maximum Gasteiger partial charge on any atom is 0.271 e. The lowest BCUT2D eigenvalue weighted by Gasteiger charge is -2.22. The van der Waals surface area contributed by atoms with Crippen molar-refractivity contribution in [2.45, 2.75) is 58.4 Å². The highest BCUT2D eigenvalue weighted by Gasteiger charge is 2.33. The van der Waals surface area contributed by atoms with E-state index in [-0.39, 0.29) is 11.4 Å². The molecule has 0 bridgehead atoms. The third-order valence-corrected chi connectivity index (χ3v) is 6.18. The van der Waals surface area contributed by atoms with Crippen LogP contribution in [0.1, 0.15) is 67.7 Å². The summed E-state index contributed by atoms with van der Waals surface area (Å²) in [4.78, 5) is 15.1. The quantitative estimate of drug-likeness (QED) is 0.769. The van der Waals surface area contributed by atoms with Gasteiger partial charge in [0.1, 0.15) is 5.69 Å². The third-order valence-electron chi connectivity index (χ3n) is 5.95. The molecule has 1 saturated carbocycles. The van der Waals surface area contributed by atoms with E-state index in [9.17, 15) is 4.79 Å². The van der Waals surface area contributed by atoms with Crippen molar-refractivity contribution >= 4 is 23.2 Å². The number of nitrogens with one attached hydrogen (secondary N) is 1. The predicted molar refractivity (Wildman–Crippen MR) is 118 cm³/mol. The number of aryl methyl sites for hydroxylation is 1. The van der Waals surface area contributed by atoms with Crippen LogP contribution in [-0.4, -0.2) is 35.3 Å². The van der Waals surface area contributed by atoms with E-state index in [0.717, 1.165) is 24.5 Å². The summed E-state index contributed by atoms with van der Waals surface area (Å²) in [5.41, 5.74) is 4.06. The van der Waals surface area contributed by atoms with Gasteiger partial charge in [-0.05, 0) is 76.6 Å². The summed E-state index contributed by atoms with van der Waals surface area (Å²) in [5.74, 6) is 0.935. The lowest BCUT2D eigenvalue weighted by atomic mass is 10.1. The summed E-state index contributed by atoms with van der Waals surface area (Å²) in [6, 6.07) is 8.03. The third kappa shape index (κ3) is 4.45. The summed E-state index contributed by atoms with van der Waals surface area (Å²) in [6.45, 7) is 11.1. The first-order valence-electron chi connectivity index (χ1n) is 10.6. The Morgan fingerprint density at radius 1 is 1.24 bits per heavy atom. The maximum absolute atomic E-state index is 12.8. The second-order valence-corrected chi connectivity index (χ2v) is 9.99. The number of carbonyl (C=O) groups excluding carboxylic acids is 1. The van der Waals surface area contributed by atoms with Crippen molar-refractivity contribution in [3.63, 3.8) is 0 Å². The SMILES string of the molecule is Cc1ccc(Cl)cc1N1CCC(CNC(=O)c2cc(C3CC3)n(C(C)(C)C)n2)C1. The van der Waals surface area contributed by atoms with Gasteiger partial charge in [0.2, 0.25) is 0 Å². The molecule has 2 heterocycles. The van der Waals surface area contributed by atoms with E-state index in [0.29, 0.717) is 24.1 Å². The fourth-order valence-electron chi connectivity index (χ4n) is 4.18. The lowest BCUT2D eigenvalue weighted by molar-refractivity contribution is 0.0941. The highest BCUT2D eigenvalue weighted by Crippen LogP contribution is 2.41. The highest BCUT2D eigenvalue weighted by atomic mass is 35.5. The van der Waals surface area contributed by atoms with Crippen molar-refractivity contribution in [1.29, 1.82) is 0 Å². The standard InChI is InChI=1S/C23H31ClN4O/c1-15-5-8-18(24)11-20(15)27-10-9-16(14-27)13-25-22(29)19-12-21(17-6-7-17)28(26-19)23(2,3)4/h5,8,11-12,16-17H,6-7,9-10,13-14H2,1-4H3,(H,25,29). The van der Waals surface area contributed by atoms with Gasteiger partial charge < -0.3 is 10.2 Å². The van der Waals surface area contributed by atoms with Gasteiger partial charge in [-0.1, -0.05) is 17.7 Å². The molecule has 4 rings (SSSR count). The van der Waals surface area contributed by atoms with E-state index in [2.05, 4.69) is 49.1 Å². The Bertz CT molecular complexity index is 910. The van der Waals surface area contributed by atoms with Crippen molar-refractivity contribution in [2.75, 3.05) is 24.5 Å². The Morgan fingerprint density at radius 2 is 2.00 bits per heavy atom. The molecule has 1 aromatic heterocycles. The highest BCUT2D eigenvalue weighted by molar-refractivity contribution is 6.30. The van der Waals surface area contributed by atoms with Crippen LogP contribution in [0.25, 0.3) is 0 Å². The Kier molecular flexibility index (Phi) is 5.36. The Balaban J connectivity index is 1.38. The van der Waals surface area contributed by atoms with Gasteiger partial charge in [0, 0.05) is 42.0 Å². The van der Waals surface area contributed by atoms with Gasteiger partial charge in [0.25, 0.3) is 5.91 Å². The average Bonchev–Trinajstić information content (AvgIpc) is 3.22. The van der Waals surface area contributed by atoms with Crippen LogP contribution >= 0.6 is 11.6 Å². The Hall–Kier alpha value is -2.01. The molecule has 2 aromatic rings. The molecule has 1 aromatic carbocycles. The molecule has 2 fully saturated rings. The molecule has 156 valence electrons. The summed E-state index contributed by atoms with van der Waals surface area (Å²) >= 11 is 6.18. The number of anilines is 1. The molecule has 0 spiro atoms. The Morgan fingerprint density at radius 3 is 2.69 bits per heavy atom. The summed E-state index contributed by atoms with van der Waals surface area (Å²) in [7, 11) is 0. The number of amides is 1. The normalized spacial score (nSPS) is 19.6. The van der Waals surface area contributed by atoms with Crippen LogP contribution in [-0.2, 0) is 5.54 Å². The number of benzene rings is 1. The van der Waals surface area contributed by atoms with Crippen LogP contribution in [0.3, 0.4) is 0 Å². The number of aromatic nitrogens is 2. The molecule has 1 amide bonds. The molecule has 1 atom stereocenters. The number of halogens is 1. The van der Waals surface area contributed by atoms with E-state index in [1.165, 1.54) is 29.8 Å². The van der Waals surface area contributed by atoms with Crippen LogP contribution in [0, 0.1) is 12.8 Å². The zero-order valence-electron chi connectivity index (χ0n) is 17.8. The van der Waals surface area contributed by atoms with Crippen molar-refractivity contribution in [3.8, 4) is 0 Å². The molecular weight excluding hydrogens is 384 g/mol. The first kappa shape index (κ1) is 20.3. The van der Waals surface area contributed by atoms with Crippen molar-refractivity contribution in [2.24, 2.45) is 5.92 Å². The number of hydrogen-bond acceptors (Lipinski definition) is 3. The molecule has 5 nitrogen and oxygen atoms in total. The molecule has 1 aliphatic heterocycles. The molecule has 0 radical (unpaired) electrons. The van der Waals surface area contributed by atoms with Crippen LogP contribution in [0.5, 0.6) is 0 Å². The van der Waals surface area contributed by atoms with Crippen LogP contribution in [0.15, 0.2) is 24.3 Å². The van der Waals surface area contributed by atoms with E-state index in [1.807, 2.05) is 22.9 Å². The predicted octanol–water partition coefficient (Wildman–Crippen LogP) is 4.73. The molecule has 1 saturated heterocycles. The number of rotatable bonds is 5. The molecular formula is C23H31ClN4O. The van der Waals surface area contributed by atoms with E-state index in [4.69, 9.17) is 11.6 Å². The van der Waals surface area contributed by atoms with Crippen molar-refractivity contribution in [1.82, 2.24) is 15.1 Å². The van der Waals surface area contributed by atoms with E-state index < -0.39 is 0 Å². The Labute approximate surface area is 178 Å². The van der Waals surface area contributed by atoms with Gasteiger partial charge in [0.15, 0.2) is 0 Å². The fourth-order valence-corrected chi connectivity index (χ4v) is 4.35. The first-order valence-corrected chi connectivity index (χ1v) is 11.0. The van der Waals surface area contributed by atoms with Crippen LogP contribution in [0.2, 0.25) is 5.02 Å². The van der Waals surface area contributed by atoms with E-state index >= 15 is 0 Å². The number of hydrogen-bond donors (Lipinski definition) is 1. The zero-order chi connectivity index (χ0) is 20.8. The van der Waals surface area contributed by atoms with Crippen LogP contribution < -0.4 is 10.2 Å². The summed E-state index contributed by atoms with van der Waals surface area (Å²) < 4.78 is 2.04. The smallest absolute Gasteiger partial charge is 0.271 e. The average molecular weight is 415 g/mol. The monoisotopic (exact) mass is 414 g/mol. The van der Waals surface area contributed by atoms with Gasteiger partial charge >= 0.3 is 0 Å². The van der Waals surface area contributed by atoms with Gasteiger partial charge in [0.05, 0.1) is 5.54 Å². The van der Waals surface area contributed by atoms with Crippen LogP contribution in [0.4, 0.5) is 5.69 Å². The van der Waals surface area contributed by atoms with Crippen molar-refractivity contribution < 1.29 is 4.79 Å². The second-order valence-electron chi connectivity index (χ2n) is 9.55. The minimum absolute atomic E-state index is 0.0627. The molecule has 1 N–H and O–H groups in total. The van der Waals surface area contributed by atoms with Gasteiger partial charge in [-0.25, -0.2) is 0 Å². The minimum Gasteiger partial charge on any atom is -0.371 e.